The summed E-state index contributed by atoms with van der Waals surface area (Å²) < 4.78 is 1.82. The largest absolute Gasteiger partial charge is 0.342 e. The van der Waals surface area contributed by atoms with Crippen molar-refractivity contribution >= 4 is 23.4 Å². The fourth-order valence-electron chi connectivity index (χ4n) is 4.07. The molecule has 1 fully saturated rings. The van der Waals surface area contributed by atoms with Gasteiger partial charge in [-0.2, -0.15) is 4.98 Å². The van der Waals surface area contributed by atoms with Gasteiger partial charge in [0.15, 0.2) is 0 Å². The third-order valence-corrected chi connectivity index (χ3v) is 6.60. The first-order chi connectivity index (χ1) is 14.5. The van der Waals surface area contributed by atoms with E-state index in [4.69, 9.17) is 0 Å². The van der Waals surface area contributed by atoms with Gasteiger partial charge in [0.2, 0.25) is 11.1 Å². The molecular formula is C23H29N5OS. The first-order valence-corrected chi connectivity index (χ1v) is 11.7. The SMILES string of the molecule is Cc1cccc(Cc2c(C)nc3nc(SCC(=O)N4CCCCCC4)nn3c2C)c1. The van der Waals surface area contributed by atoms with Gasteiger partial charge in [0, 0.05) is 30.9 Å². The zero-order valence-corrected chi connectivity index (χ0v) is 18.8. The molecule has 0 unspecified atom stereocenters. The monoisotopic (exact) mass is 423 g/mol. The number of carbonyl (C=O) groups is 1. The standard InChI is InChI=1S/C23H29N5OS/c1-16-9-8-10-19(13-16)14-20-17(2)24-22-25-23(26-28(22)18(20)3)30-15-21(29)27-11-6-4-5-7-12-27/h8-10,13H,4-7,11-12,14-15H2,1-3H3. The fourth-order valence-corrected chi connectivity index (χ4v) is 4.79. The Hall–Kier alpha value is -2.41. The molecule has 1 aliphatic heterocycles. The number of likely N-dealkylation sites (tertiary alicyclic amines) is 1. The predicted molar refractivity (Wildman–Crippen MR) is 120 cm³/mol. The Bertz CT molecular complexity index is 1050. The van der Waals surface area contributed by atoms with E-state index in [0.29, 0.717) is 16.7 Å². The zero-order valence-electron chi connectivity index (χ0n) is 18.0. The molecule has 0 bridgehead atoms. The fraction of sp³-hybridized carbons (Fsp3) is 0.478. The molecule has 0 atom stereocenters. The third-order valence-electron chi connectivity index (χ3n) is 5.78. The number of hydrogen-bond acceptors (Lipinski definition) is 5. The van der Waals surface area contributed by atoms with Crippen LogP contribution in [0.4, 0.5) is 0 Å². The molecule has 0 saturated carbocycles. The summed E-state index contributed by atoms with van der Waals surface area (Å²) in [6.45, 7) is 7.96. The second kappa shape index (κ2) is 9.16. The molecule has 158 valence electrons. The maximum absolute atomic E-state index is 12.6. The van der Waals surface area contributed by atoms with Crippen LogP contribution in [0.1, 0.15) is 53.8 Å². The second-order valence-electron chi connectivity index (χ2n) is 8.12. The second-order valence-corrected chi connectivity index (χ2v) is 9.06. The minimum atomic E-state index is 0.182. The lowest BCUT2D eigenvalue weighted by atomic mass is 10.0. The molecule has 7 heteroatoms. The highest BCUT2D eigenvalue weighted by Gasteiger charge is 2.18. The van der Waals surface area contributed by atoms with Crippen LogP contribution >= 0.6 is 11.8 Å². The van der Waals surface area contributed by atoms with E-state index in [9.17, 15) is 4.79 Å². The van der Waals surface area contributed by atoms with Gasteiger partial charge in [0.1, 0.15) is 0 Å². The topological polar surface area (TPSA) is 63.4 Å². The lowest BCUT2D eigenvalue weighted by molar-refractivity contribution is -0.128. The van der Waals surface area contributed by atoms with Gasteiger partial charge in [-0.3, -0.25) is 4.79 Å². The Morgan fingerprint density at radius 2 is 1.83 bits per heavy atom. The summed E-state index contributed by atoms with van der Waals surface area (Å²) in [7, 11) is 0. The number of hydrogen-bond donors (Lipinski definition) is 0. The molecule has 1 aromatic carbocycles. The van der Waals surface area contributed by atoms with Crippen LogP contribution in [0, 0.1) is 20.8 Å². The molecular weight excluding hydrogens is 394 g/mol. The van der Waals surface area contributed by atoms with E-state index in [1.165, 1.54) is 41.3 Å². The van der Waals surface area contributed by atoms with Crippen molar-refractivity contribution < 1.29 is 4.79 Å². The number of nitrogens with zero attached hydrogens (tertiary/aromatic N) is 5. The molecule has 2 aromatic heterocycles. The molecule has 0 radical (unpaired) electrons. The number of aryl methyl sites for hydroxylation is 3. The molecule has 6 nitrogen and oxygen atoms in total. The molecule has 0 N–H and O–H groups in total. The van der Waals surface area contributed by atoms with Crippen LogP contribution in [0.15, 0.2) is 29.4 Å². The van der Waals surface area contributed by atoms with E-state index >= 15 is 0 Å². The van der Waals surface area contributed by atoms with Crippen LogP contribution in [-0.4, -0.2) is 49.2 Å². The molecule has 3 heterocycles. The number of benzene rings is 1. The molecule has 1 saturated heterocycles. The first-order valence-electron chi connectivity index (χ1n) is 10.7. The van der Waals surface area contributed by atoms with Gasteiger partial charge < -0.3 is 4.90 Å². The highest BCUT2D eigenvalue weighted by atomic mass is 32.2. The number of thioether (sulfide) groups is 1. The van der Waals surface area contributed by atoms with Crippen molar-refractivity contribution in [2.45, 2.75) is 58.0 Å². The van der Waals surface area contributed by atoms with Crippen molar-refractivity contribution in [3.8, 4) is 0 Å². The summed E-state index contributed by atoms with van der Waals surface area (Å²) in [6.07, 6.45) is 5.47. The summed E-state index contributed by atoms with van der Waals surface area (Å²) in [6, 6.07) is 8.55. The number of carbonyl (C=O) groups excluding carboxylic acids is 1. The first kappa shape index (κ1) is 20.8. The van der Waals surface area contributed by atoms with Crippen LogP contribution in [0.25, 0.3) is 5.78 Å². The summed E-state index contributed by atoms with van der Waals surface area (Å²) in [4.78, 5) is 23.8. The van der Waals surface area contributed by atoms with Gasteiger partial charge in [-0.25, -0.2) is 9.50 Å². The maximum Gasteiger partial charge on any atom is 0.253 e. The molecule has 0 spiro atoms. The highest BCUT2D eigenvalue weighted by Crippen LogP contribution is 2.21. The van der Waals surface area contributed by atoms with Crippen molar-refractivity contribution in [2.75, 3.05) is 18.8 Å². The van der Waals surface area contributed by atoms with Crippen molar-refractivity contribution in [3.63, 3.8) is 0 Å². The van der Waals surface area contributed by atoms with E-state index in [-0.39, 0.29) is 5.91 Å². The third kappa shape index (κ3) is 4.67. The minimum absolute atomic E-state index is 0.182. The number of amides is 1. The van der Waals surface area contributed by atoms with E-state index in [2.05, 4.69) is 53.2 Å². The molecule has 4 rings (SSSR count). The Morgan fingerprint density at radius 1 is 1.07 bits per heavy atom. The van der Waals surface area contributed by atoms with Crippen LogP contribution < -0.4 is 0 Å². The van der Waals surface area contributed by atoms with Gasteiger partial charge in [0.05, 0.1) is 5.75 Å². The average Bonchev–Trinajstić information content (AvgIpc) is 2.94. The Kier molecular flexibility index (Phi) is 6.37. The van der Waals surface area contributed by atoms with Crippen LogP contribution in [0.3, 0.4) is 0 Å². The number of rotatable bonds is 5. The average molecular weight is 424 g/mol. The zero-order chi connectivity index (χ0) is 21.1. The minimum Gasteiger partial charge on any atom is -0.342 e. The number of fused-ring (bicyclic) bond motifs is 1. The predicted octanol–water partition coefficient (Wildman–Crippen LogP) is 4.14. The normalized spacial score (nSPS) is 14.8. The molecule has 1 aliphatic rings. The lowest BCUT2D eigenvalue weighted by Crippen LogP contribution is -2.33. The quantitative estimate of drug-likeness (QED) is 0.577. The van der Waals surface area contributed by atoms with Crippen molar-refractivity contribution in [3.05, 3.63) is 52.3 Å². The van der Waals surface area contributed by atoms with Gasteiger partial charge >= 0.3 is 0 Å². The van der Waals surface area contributed by atoms with E-state index < -0.39 is 0 Å². The highest BCUT2D eigenvalue weighted by molar-refractivity contribution is 7.99. The summed E-state index contributed by atoms with van der Waals surface area (Å²) in [5.41, 5.74) is 5.73. The van der Waals surface area contributed by atoms with Crippen LogP contribution in [0.5, 0.6) is 0 Å². The Labute approximate surface area is 182 Å². The maximum atomic E-state index is 12.6. The van der Waals surface area contributed by atoms with E-state index in [1.54, 1.807) is 0 Å². The van der Waals surface area contributed by atoms with Crippen molar-refractivity contribution in [1.29, 1.82) is 0 Å². The van der Waals surface area contributed by atoms with E-state index in [0.717, 1.165) is 43.7 Å². The molecule has 0 aliphatic carbocycles. The van der Waals surface area contributed by atoms with Crippen molar-refractivity contribution in [1.82, 2.24) is 24.5 Å². The van der Waals surface area contributed by atoms with Gasteiger partial charge in [-0.05, 0) is 44.7 Å². The molecule has 30 heavy (non-hydrogen) atoms. The lowest BCUT2D eigenvalue weighted by Gasteiger charge is -2.19. The summed E-state index contributed by atoms with van der Waals surface area (Å²) >= 11 is 1.41. The van der Waals surface area contributed by atoms with Crippen LogP contribution in [-0.2, 0) is 11.2 Å². The van der Waals surface area contributed by atoms with Crippen LogP contribution in [0.2, 0.25) is 0 Å². The van der Waals surface area contributed by atoms with E-state index in [1.807, 2.05) is 16.3 Å². The van der Waals surface area contributed by atoms with Crippen molar-refractivity contribution in [2.24, 2.45) is 0 Å². The number of aromatic nitrogens is 4. The van der Waals surface area contributed by atoms with Gasteiger partial charge in [-0.15, -0.1) is 5.10 Å². The Morgan fingerprint density at radius 3 is 2.57 bits per heavy atom. The summed E-state index contributed by atoms with van der Waals surface area (Å²) in [5, 5.41) is 5.26. The van der Waals surface area contributed by atoms with Gasteiger partial charge in [0.25, 0.3) is 5.78 Å². The molecule has 1 amide bonds. The summed E-state index contributed by atoms with van der Waals surface area (Å²) in [5.74, 6) is 1.16. The molecule has 3 aromatic rings. The smallest absolute Gasteiger partial charge is 0.253 e. The Balaban J connectivity index is 1.51. The van der Waals surface area contributed by atoms with Gasteiger partial charge in [-0.1, -0.05) is 54.4 Å².